The lowest BCUT2D eigenvalue weighted by Crippen LogP contribution is -2.58. The number of carbonyl (C=O) groups is 5. The number of carboxylic acid groups (broad SMARTS) is 2. The molecule has 4 atom stereocenters. The molecule has 4 unspecified atom stereocenters. The minimum absolute atomic E-state index is 0.0150. The number of aromatic nitrogens is 2. The van der Waals surface area contributed by atoms with Gasteiger partial charge < -0.3 is 53.5 Å². The summed E-state index contributed by atoms with van der Waals surface area (Å²) in [7, 11) is 0. The van der Waals surface area contributed by atoms with Crippen LogP contribution in [-0.4, -0.2) is 98.2 Å². The number of aliphatic hydroxyl groups excluding tert-OH is 1. The lowest BCUT2D eigenvalue weighted by atomic mass is 10.1. The monoisotopic (exact) mass is 527 g/mol. The zero-order chi connectivity index (χ0) is 28.0. The molecular formula is C20H33N9O8. The van der Waals surface area contributed by atoms with Crippen LogP contribution in [0, 0.1) is 0 Å². The summed E-state index contributed by atoms with van der Waals surface area (Å²) in [5, 5.41) is 34.5. The van der Waals surface area contributed by atoms with E-state index in [0.717, 1.165) is 0 Å². The number of H-pyrrole nitrogens is 1. The maximum absolute atomic E-state index is 13.0. The molecule has 37 heavy (non-hydrogen) atoms. The molecule has 1 rings (SSSR count). The molecule has 3 amide bonds. The SMILES string of the molecule is NC(N)=NCCCC(NC(=O)C(Cc1cnc[nH]1)NC(=O)C(CCC(=O)O)NC(=O)C(N)CO)C(=O)O. The minimum atomic E-state index is -1.41. The van der Waals surface area contributed by atoms with E-state index in [9.17, 15) is 29.1 Å². The molecule has 206 valence electrons. The van der Waals surface area contributed by atoms with Crippen molar-refractivity contribution < 1.29 is 39.3 Å². The van der Waals surface area contributed by atoms with Crippen LogP contribution in [0.15, 0.2) is 17.5 Å². The van der Waals surface area contributed by atoms with Crippen LogP contribution < -0.4 is 33.2 Å². The molecule has 0 aliphatic heterocycles. The molecule has 17 heteroatoms. The van der Waals surface area contributed by atoms with Gasteiger partial charge in [-0.05, 0) is 19.3 Å². The number of rotatable bonds is 17. The Morgan fingerprint density at radius 3 is 2.14 bits per heavy atom. The first-order chi connectivity index (χ1) is 17.4. The summed E-state index contributed by atoms with van der Waals surface area (Å²) in [4.78, 5) is 71.1. The van der Waals surface area contributed by atoms with Crippen molar-refractivity contribution in [2.75, 3.05) is 13.2 Å². The Morgan fingerprint density at radius 2 is 1.59 bits per heavy atom. The number of guanidine groups is 1. The smallest absolute Gasteiger partial charge is 0.326 e. The van der Waals surface area contributed by atoms with Crippen LogP contribution in [0.2, 0.25) is 0 Å². The average Bonchev–Trinajstić information content (AvgIpc) is 3.34. The van der Waals surface area contributed by atoms with E-state index in [-0.39, 0.29) is 38.2 Å². The highest BCUT2D eigenvalue weighted by Gasteiger charge is 2.31. The molecule has 0 bridgehead atoms. The number of aromatic amines is 1. The van der Waals surface area contributed by atoms with Crippen molar-refractivity contribution in [1.82, 2.24) is 25.9 Å². The quantitative estimate of drug-likeness (QED) is 0.0523. The zero-order valence-corrected chi connectivity index (χ0v) is 19.9. The fourth-order valence-electron chi connectivity index (χ4n) is 3.03. The molecule has 13 N–H and O–H groups in total. The highest BCUT2D eigenvalue weighted by Crippen LogP contribution is 2.06. The summed E-state index contributed by atoms with van der Waals surface area (Å²) in [6.07, 6.45) is 1.98. The second-order valence-electron chi connectivity index (χ2n) is 7.97. The van der Waals surface area contributed by atoms with Gasteiger partial charge in [0.05, 0.1) is 12.9 Å². The number of nitrogens with two attached hydrogens (primary N) is 3. The van der Waals surface area contributed by atoms with Crippen LogP contribution in [0.3, 0.4) is 0 Å². The van der Waals surface area contributed by atoms with Gasteiger partial charge in [0, 0.05) is 31.3 Å². The number of amides is 3. The van der Waals surface area contributed by atoms with Crippen molar-refractivity contribution in [3.05, 3.63) is 18.2 Å². The zero-order valence-electron chi connectivity index (χ0n) is 19.9. The van der Waals surface area contributed by atoms with Crippen LogP contribution >= 0.6 is 0 Å². The van der Waals surface area contributed by atoms with Crippen molar-refractivity contribution in [2.24, 2.45) is 22.2 Å². The minimum Gasteiger partial charge on any atom is -0.481 e. The summed E-state index contributed by atoms with van der Waals surface area (Å²) in [5.74, 6) is -5.41. The predicted molar refractivity (Wildman–Crippen MR) is 128 cm³/mol. The number of imidazole rings is 1. The van der Waals surface area contributed by atoms with E-state index in [4.69, 9.17) is 27.4 Å². The first-order valence-corrected chi connectivity index (χ1v) is 11.2. The molecule has 0 spiro atoms. The first-order valence-electron chi connectivity index (χ1n) is 11.2. The van der Waals surface area contributed by atoms with Crippen molar-refractivity contribution in [1.29, 1.82) is 0 Å². The number of nitrogens with zero attached hydrogens (tertiary/aromatic N) is 2. The van der Waals surface area contributed by atoms with Crippen molar-refractivity contribution in [2.45, 2.75) is 56.3 Å². The second kappa shape index (κ2) is 15.7. The summed E-state index contributed by atoms with van der Waals surface area (Å²) in [6.45, 7) is -0.582. The van der Waals surface area contributed by atoms with Gasteiger partial charge in [-0.3, -0.25) is 24.2 Å². The van der Waals surface area contributed by atoms with Gasteiger partial charge in [-0.1, -0.05) is 0 Å². The van der Waals surface area contributed by atoms with E-state index in [1.807, 2.05) is 0 Å². The number of hydrogen-bond donors (Lipinski definition) is 10. The van der Waals surface area contributed by atoms with Crippen molar-refractivity contribution in [3.63, 3.8) is 0 Å². The van der Waals surface area contributed by atoms with Crippen molar-refractivity contribution in [3.8, 4) is 0 Å². The fraction of sp³-hybridized carbons (Fsp3) is 0.550. The molecule has 0 aromatic carbocycles. The number of aliphatic carboxylic acids is 2. The summed E-state index contributed by atoms with van der Waals surface area (Å²) in [6, 6.07) is -5.43. The third-order valence-corrected chi connectivity index (χ3v) is 4.99. The number of carboxylic acids is 2. The Morgan fingerprint density at radius 1 is 0.973 bits per heavy atom. The van der Waals surface area contributed by atoms with Crippen LogP contribution in [-0.2, 0) is 30.4 Å². The second-order valence-corrected chi connectivity index (χ2v) is 7.97. The van der Waals surface area contributed by atoms with E-state index in [0.29, 0.717) is 5.69 Å². The lowest BCUT2D eigenvalue weighted by molar-refractivity contribution is -0.142. The molecule has 1 aromatic rings. The van der Waals surface area contributed by atoms with E-state index < -0.39 is 66.9 Å². The van der Waals surface area contributed by atoms with Gasteiger partial charge in [-0.2, -0.15) is 0 Å². The van der Waals surface area contributed by atoms with Gasteiger partial charge in [0.1, 0.15) is 24.2 Å². The summed E-state index contributed by atoms with van der Waals surface area (Å²) in [5.41, 5.74) is 16.3. The van der Waals surface area contributed by atoms with Gasteiger partial charge in [0.25, 0.3) is 0 Å². The van der Waals surface area contributed by atoms with E-state index in [2.05, 4.69) is 30.9 Å². The normalized spacial score (nSPS) is 13.9. The molecule has 0 aliphatic carbocycles. The molecule has 0 fully saturated rings. The number of nitrogens with one attached hydrogen (secondary N) is 4. The maximum Gasteiger partial charge on any atom is 0.326 e. The summed E-state index contributed by atoms with van der Waals surface area (Å²) >= 11 is 0. The predicted octanol–water partition coefficient (Wildman–Crippen LogP) is -4.27. The van der Waals surface area contributed by atoms with Gasteiger partial charge in [-0.15, -0.1) is 0 Å². The number of aliphatic hydroxyl groups is 1. The van der Waals surface area contributed by atoms with Crippen LogP contribution in [0.4, 0.5) is 0 Å². The fourth-order valence-corrected chi connectivity index (χ4v) is 3.03. The molecule has 1 heterocycles. The first kappa shape index (κ1) is 30.8. The van der Waals surface area contributed by atoms with Gasteiger partial charge in [0.15, 0.2) is 5.96 Å². The molecule has 17 nitrogen and oxygen atoms in total. The molecule has 0 aliphatic rings. The van der Waals surface area contributed by atoms with E-state index in [1.165, 1.54) is 12.5 Å². The third kappa shape index (κ3) is 11.8. The Kier molecular flexibility index (Phi) is 13.0. The molecule has 0 saturated heterocycles. The largest absolute Gasteiger partial charge is 0.481 e. The van der Waals surface area contributed by atoms with Gasteiger partial charge in [-0.25, -0.2) is 9.78 Å². The number of carbonyl (C=O) groups excluding carboxylic acids is 3. The van der Waals surface area contributed by atoms with Gasteiger partial charge >= 0.3 is 11.9 Å². The third-order valence-electron chi connectivity index (χ3n) is 4.99. The molecule has 0 saturated carbocycles. The molecule has 1 aromatic heterocycles. The van der Waals surface area contributed by atoms with Crippen LogP contribution in [0.1, 0.15) is 31.4 Å². The number of hydrogen-bond acceptors (Lipinski definition) is 9. The van der Waals surface area contributed by atoms with Gasteiger partial charge in [0.2, 0.25) is 17.7 Å². The maximum atomic E-state index is 13.0. The van der Waals surface area contributed by atoms with Crippen LogP contribution in [0.25, 0.3) is 0 Å². The highest BCUT2D eigenvalue weighted by molar-refractivity contribution is 5.94. The molecular weight excluding hydrogens is 494 g/mol. The average molecular weight is 528 g/mol. The van der Waals surface area contributed by atoms with E-state index in [1.54, 1.807) is 0 Å². The molecule has 0 radical (unpaired) electrons. The highest BCUT2D eigenvalue weighted by atomic mass is 16.4. The summed E-state index contributed by atoms with van der Waals surface area (Å²) < 4.78 is 0. The lowest BCUT2D eigenvalue weighted by Gasteiger charge is -2.24. The topological polar surface area (TPSA) is 301 Å². The van der Waals surface area contributed by atoms with E-state index >= 15 is 0 Å². The number of aliphatic imine (C=N–C) groups is 1. The Hall–Kier alpha value is -4.25. The van der Waals surface area contributed by atoms with Crippen LogP contribution in [0.5, 0.6) is 0 Å². The Labute approximate surface area is 211 Å². The Bertz CT molecular complexity index is 950. The standard InChI is InChI=1S/C20H33N9O8/c21-11(8-30)16(33)27-12(3-4-15(31)32)17(34)29-14(6-10-7-24-9-26-10)18(35)28-13(19(36)37)2-1-5-25-20(22)23/h7,9,11-14,30H,1-6,8,21H2,(H,24,26)(H,27,33)(H,28,35)(H,29,34)(H,31,32)(H,36,37)(H4,22,23,25). The Balaban J connectivity index is 3.04. The van der Waals surface area contributed by atoms with Crippen molar-refractivity contribution >= 4 is 35.6 Å².